The first-order chi connectivity index (χ1) is 13.8. The van der Waals surface area contributed by atoms with Gasteiger partial charge in [-0.2, -0.15) is 0 Å². The van der Waals surface area contributed by atoms with E-state index >= 15 is 0 Å². The Labute approximate surface area is 169 Å². The van der Waals surface area contributed by atoms with Crippen molar-refractivity contribution in [2.75, 3.05) is 19.8 Å². The van der Waals surface area contributed by atoms with Gasteiger partial charge in [0.25, 0.3) is 0 Å². The molecule has 1 unspecified atom stereocenters. The first-order valence-corrected chi connectivity index (χ1v) is 10.7. The third-order valence-electron chi connectivity index (χ3n) is 4.66. The van der Waals surface area contributed by atoms with Crippen LogP contribution >= 0.6 is 0 Å². The molecule has 0 radical (unpaired) electrons. The maximum Gasteiger partial charge on any atom is 0.249 e. The second-order valence-corrected chi connectivity index (χ2v) is 8.33. The lowest BCUT2D eigenvalue weighted by Crippen LogP contribution is -2.56. The number of morpholine rings is 1. The zero-order valence-electron chi connectivity index (χ0n) is 15.8. The van der Waals surface area contributed by atoms with Crippen molar-refractivity contribution in [3.63, 3.8) is 0 Å². The van der Waals surface area contributed by atoms with E-state index in [0.29, 0.717) is 19.5 Å². The van der Waals surface area contributed by atoms with Crippen molar-refractivity contribution < 1.29 is 22.7 Å². The van der Waals surface area contributed by atoms with E-state index in [9.17, 15) is 18.0 Å². The summed E-state index contributed by atoms with van der Waals surface area (Å²) < 4.78 is 27.8. The van der Waals surface area contributed by atoms with Crippen LogP contribution in [0.25, 0.3) is 0 Å². The van der Waals surface area contributed by atoms with Crippen molar-refractivity contribution in [3.05, 3.63) is 65.7 Å². The van der Waals surface area contributed by atoms with Gasteiger partial charge in [0.05, 0.1) is 11.5 Å². The normalized spacial score (nSPS) is 17.2. The SMILES string of the molecule is NS(=O)(=O)c1ccc(CCNC(=O)C2COCC(=O)N2Cc2ccccc2)cc1. The molecule has 1 fully saturated rings. The van der Waals surface area contributed by atoms with Crippen LogP contribution in [0.2, 0.25) is 0 Å². The highest BCUT2D eigenvalue weighted by molar-refractivity contribution is 7.89. The van der Waals surface area contributed by atoms with Gasteiger partial charge in [-0.15, -0.1) is 0 Å². The number of benzene rings is 2. The summed E-state index contributed by atoms with van der Waals surface area (Å²) in [6.45, 7) is 0.800. The van der Waals surface area contributed by atoms with Crippen molar-refractivity contribution >= 4 is 21.8 Å². The van der Waals surface area contributed by atoms with Crippen molar-refractivity contribution in [1.29, 1.82) is 0 Å². The minimum atomic E-state index is -3.73. The number of ether oxygens (including phenoxy) is 1. The molecule has 0 spiro atoms. The van der Waals surface area contributed by atoms with Crippen LogP contribution < -0.4 is 10.5 Å². The summed E-state index contributed by atoms with van der Waals surface area (Å²) in [7, 11) is -3.73. The first-order valence-electron chi connectivity index (χ1n) is 9.15. The topological polar surface area (TPSA) is 119 Å². The fraction of sp³-hybridized carbons (Fsp3) is 0.300. The highest BCUT2D eigenvalue weighted by atomic mass is 32.2. The summed E-state index contributed by atoms with van der Waals surface area (Å²) in [5.74, 6) is -0.506. The Morgan fingerprint density at radius 1 is 1.10 bits per heavy atom. The van der Waals surface area contributed by atoms with Gasteiger partial charge in [-0.3, -0.25) is 9.59 Å². The second kappa shape index (κ2) is 9.17. The molecule has 0 saturated carbocycles. The molecule has 3 rings (SSSR count). The molecule has 2 aromatic carbocycles. The largest absolute Gasteiger partial charge is 0.369 e. The Kier molecular flexibility index (Phi) is 6.63. The molecular formula is C20H23N3O5S. The minimum absolute atomic E-state index is 0.0347. The smallest absolute Gasteiger partial charge is 0.249 e. The fourth-order valence-electron chi connectivity index (χ4n) is 3.09. The van der Waals surface area contributed by atoms with Crippen molar-refractivity contribution in [2.45, 2.75) is 23.9 Å². The molecule has 2 amide bonds. The molecule has 3 N–H and O–H groups in total. The lowest BCUT2D eigenvalue weighted by Gasteiger charge is -2.34. The standard InChI is InChI=1S/C20H23N3O5S/c21-29(26,27)17-8-6-15(7-9-17)10-11-22-20(25)18-13-28-14-19(24)23(18)12-16-4-2-1-3-5-16/h1-9,18H,10-14H2,(H,22,25)(H2,21,26,27). The molecule has 8 nitrogen and oxygen atoms in total. The van der Waals surface area contributed by atoms with Crippen molar-refractivity contribution in [3.8, 4) is 0 Å². The lowest BCUT2D eigenvalue weighted by molar-refractivity contribution is -0.155. The van der Waals surface area contributed by atoms with Gasteiger partial charge in [-0.05, 0) is 29.7 Å². The molecule has 29 heavy (non-hydrogen) atoms. The summed E-state index contributed by atoms with van der Waals surface area (Å²) >= 11 is 0. The predicted molar refractivity (Wildman–Crippen MR) is 106 cm³/mol. The van der Waals surface area contributed by atoms with Crippen LogP contribution in [-0.4, -0.2) is 50.9 Å². The molecule has 1 atom stereocenters. The van der Waals surface area contributed by atoms with Gasteiger partial charge in [0.2, 0.25) is 21.8 Å². The van der Waals surface area contributed by atoms with E-state index in [0.717, 1.165) is 11.1 Å². The van der Waals surface area contributed by atoms with Gasteiger partial charge in [0.1, 0.15) is 12.6 Å². The summed E-state index contributed by atoms with van der Waals surface area (Å²) in [5.41, 5.74) is 1.80. The van der Waals surface area contributed by atoms with Gasteiger partial charge >= 0.3 is 0 Å². The van der Waals surface area contributed by atoms with Crippen LogP contribution in [0, 0.1) is 0 Å². The predicted octanol–water partition coefficient (Wildman–Crippen LogP) is 0.420. The van der Waals surface area contributed by atoms with Crippen LogP contribution in [0.3, 0.4) is 0 Å². The van der Waals surface area contributed by atoms with E-state index in [4.69, 9.17) is 9.88 Å². The lowest BCUT2D eigenvalue weighted by atomic mass is 10.1. The third-order valence-corrected chi connectivity index (χ3v) is 5.59. The van der Waals surface area contributed by atoms with E-state index in [1.807, 2.05) is 30.3 Å². The number of nitrogens with one attached hydrogen (secondary N) is 1. The van der Waals surface area contributed by atoms with E-state index in [1.54, 1.807) is 12.1 Å². The number of sulfonamides is 1. The zero-order chi connectivity index (χ0) is 20.9. The Morgan fingerprint density at radius 2 is 1.79 bits per heavy atom. The number of rotatable bonds is 7. The van der Waals surface area contributed by atoms with Crippen molar-refractivity contribution in [2.24, 2.45) is 5.14 Å². The van der Waals surface area contributed by atoms with Crippen LogP contribution in [0.4, 0.5) is 0 Å². The maximum absolute atomic E-state index is 12.6. The number of primary sulfonamides is 1. The van der Waals surface area contributed by atoms with Gasteiger partial charge in [0, 0.05) is 13.1 Å². The summed E-state index contributed by atoms with van der Waals surface area (Å²) in [6.07, 6.45) is 0.511. The number of nitrogens with two attached hydrogens (primary N) is 1. The van der Waals surface area contributed by atoms with Gasteiger partial charge in [-0.1, -0.05) is 42.5 Å². The van der Waals surface area contributed by atoms with Crippen LogP contribution in [0.15, 0.2) is 59.5 Å². The molecule has 1 aliphatic heterocycles. The summed E-state index contributed by atoms with van der Waals surface area (Å²) in [6, 6.07) is 15.0. The monoisotopic (exact) mass is 417 g/mol. The maximum atomic E-state index is 12.6. The highest BCUT2D eigenvalue weighted by Gasteiger charge is 2.33. The quantitative estimate of drug-likeness (QED) is 0.677. The highest BCUT2D eigenvalue weighted by Crippen LogP contribution is 2.14. The van der Waals surface area contributed by atoms with E-state index < -0.39 is 16.1 Å². The number of hydrogen-bond acceptors (Lipinski definition) is 5. The van der Waals surface area contributed by atoms with Gasteiger partial charge in [-0.25, -0.2) is 13.6 Å². The fourth-order valence-corrected chi connectivity index (χ4v) is 3.61. The van der Waals surface area contributed by atoms with Gasteiger partial charge in [0.15, 0.2) is 0 Å². The molecular weight excluding hydrogens is 394 g/mol. The first kappa shape index (κ1) is 21.0. The van der Waals surface area contributed by atoms with Crippen LogP contribution in [-0.2, 0) is 37.3 Å². The number of nitrogens with zero attached hydrogens (tertiary/aromatic N) is 1. The number of carbonyl (C=O) groups is 2. The van der Waals surface area contributed by atoms with E-state index in [2.05, 4.69) is 5.32 Å². The number of amides is 2. The van der Waals surface area contributed by atoms with Crippen LogP contribution in [0.1, 0.15) is 11.1 Å². The van der Waals surface area contributed by atoms with Crippen molar-refractivity contribution in [1.82, 2.24) is 10.2 Å². The Morgan fingerprint density at radius 3 is 2.45 bits per heavy atom. The van der Waals surface area contributed by atoms with E-state index in [1.165, 1.54) is 17.0 Å². The summed E-state index contributed by atoms with van der Waals surface area (Å²) in [4.78, 5) is 26.5. The molecule has 2 aromatic rings. The number of carbonyl (C=O) groups excluding carboxylic acids is 2. The molecule has 154 valence electrons. The Balaban J connectivity index is 1.57. The molecule has 0 bridgehead atoms. The zero-order valence-corrected chi connectivity index (χ0v) is 16.6. The minimum Gasteiger partial charge on any atom is -0.369 e. The second-order valence-electron chi connectivity index (χ2n) is 6.77. The third kappa shape index (κ3) is 5.63. The molecule has 9 heteroatoms. The molecule has 0 aromatic heterocycles. The Hall–Kier alpha value is -2.75. The molecule has 1 aliphatic rings. The average molecular weight is 417 g/mol. The average Bonchev–Trinajstić information content (AvgIpc) is 2.70. The van der Waals surface area contributed by atoms with Crippen LogP contribution in [0.5, 0.6) is 0 Å². The van der Waals surface area contributed by atoms with Gasteiger partial charge < -0.3 is 15.0 Å². The summed E-state index contributed by atoms with van der Waals surface area (Å²) in [5, 5.41) is 7.91. The Bertz CT molecular complexity index is 961. The molecule has 1 heterocycles. The van der Waals surface area contributed by atoms with E-state index in [-0.39, 0.29) is 29.9 Å². The molecule has 0 aliphatic carbocycles. The number of hydrogen-bond donors (Lipinski definition) is 2. The molecule has 1 saturated heterocycles.